The van der Waals surface area contributed by atoms with Crippen molar-refractivity contribution in [3.8, 4) is 0 Å². The highest BCUT2D eigenvalue weighted by atomic mass is 32.2. The first-order valence-corrected chi connectivity index (χ1v) is 12.2. The number of hydrogen-bond donors (Lipinski definition) is 1. The van der Waals surface area contributed by atoms with E-state index in [1.54, 1.807) is 19.1 Å². The van der Waals surface area contributed by atoms with E-state index in [1.807, 2.05) is 45.0 Å². The fourth-order valence-electron chi connectivity index (χ4n) is 3.24. The van der Waals surface area contributed by atoms with Gasteiger partial charge in [0.2, 0.25) is 21.8 Å². The van der Waals surface area contributed by atoms with E-state index < -0.39 is 22.0 Å². The van der Waals surface area contributed by atoms with E-state index in [4.69, 9.17) is 0 Å². The molecule has 0 aliphatic rings. The summed E-state index contributed by atoms with van der Waals surface area (Å²) in [6.45, 7) is 7.79. The number of aryl methyl sites for hydroxylation is 2. The zero-order chi connectivity index (χ0) is 23.9. The lowest BCUT2D eigenvalue weighted by atomic mass is 10.1. The molecule has 32 heavy (non-hydrogen) atoms. The number of carbonyl (C=O) groups excluding carboxylic acids is 2. The molecule has 0 heterocycles. The van der Waals surface area contributed by atoms with Crippen LogP contribution in [0.15, 0.2) is 53.4 Å². The van der Waals surface area contributed by atoms with Crippen molar-refractivity contribution >= 4 is 21.8 Å². The van der Waals surface area contributed by atoms with Crippen molar-refractivity contribution in [2.24, 2.45) is 0 Å². The van der Waals surface area contributed by atoms with Crippen LogP contribution < -0.4 is 5.32 Å². The topological polar surface area (TPSA) is 86.8 Å². The number of nitrogens with one attached hydrogen (secondary N) is 1. The second-order valence-electron chi connectivity index (χ2n) is 8.05. The van der Waals surface area contributed by atoms with Crippen molar-refractivity contribution < 1.29 is 18.0 Å². The van der Waals surface area contributed by atoms with Gasteiger partial charge in [0.25, 0.3) is 0 Å². The van der Waals surface area contributed by atoms with Gasteiger partial charge in [0.15, 0.2) is 0 Å². The molecule has 2 rings (SSSR count). The third kappa shape index (κ3) is 6.64. The third-order valence-electron chi connectivity index (χ3n) is 5.24. The molecule has 0 saturated heterocycles. The molecule has 8 heteroatoms. The Bertz CT molecular complexity index is 1040. The first kappa shape index (κ1) is 25.5. The van der Waals surface area contributed by atoms with Crippen molar-refractivity contribution in [2.75, 3.05) is 20.1 Å². The normalized spacial score (nSPS) is 12.4. The van der Waals surface area contributed by atoms with Gasteiger partial charge in [-0.3, -0.25) is 9.59 Å². The van der Waals surface area contributed by atoms with Crippen LogP contribution in [0.3, 0.4) is 0 Å². The van der Waals surface area contributed by atoms with Crippen LogP contribution in [-0.4, -0.2) is 55.6 Å². The molecule has 174 valence electrons. The Labute approximate surface area is 191 Å². The third-order valence-corrected chi connectivity index (χ3v) is 7.06. The Morgan fingerprint density at radius 2 is 1.69 bits per heavy atom. The Balaban J connectivity index is 2.25. The molecule has 0 bridgehead atoms. The average molecular weight is 460 g/mol. The molecule has 0 saturated carbocycles. The molecule has 2 aromatic rings. The van der Waals surface area contributed by atoms with Crippen LogP contribution in [-0.2, 0) is 26.2 Å². The summed E-state index contributed by atoms with van der Waals surface area (Å²) in [6.07, 6.45) is 0.780. The molecule has 0 radical (unpaired) electrons. The minimum atomic E-state index is -3.84. The minimum absolute atomic E-state index is 0.123. The van der Waals surface area contributed by atoms with E-state index in [1.165, 1.54) is 24.1 Å². The Morgan fingerprint density at radius 1 is 1.03 bits per heavy atom. The molecule has 0 aromatic heterocycles. The van der Waals surface area contributed by atoms with E-state index in [9.17, 15) is 18.0 Å². The van der Waals surface area contributed by atoms with Crippen LogP contribution in [0, 0.1) is 13.8 Å². The smallest absolute Gasteiger partial charge is 0.243 e. The molecule has 1 atom stereocenters. The summed E-state index contributed by atoms with van der Waals surface area (Å²) >= 11 is 0. The number of likely N-dealkylation sites (N-methyl/N-ethyl adjacent to an activating group) is 1. The predicted molar refractivity (Wildman–Crippen MR) is 125 cm³/mol. The molecule has 0 unspecified atom stereocenters. The number of sulfonamides is 1. The first-order chi connectivity index (χ1) is 15.1. The molecule has 7 nitrogen and oxygen atoms in total. The lowest BCUT2D eigenvalue weighted by Gasteiger charge is -2.30. The number of nitrogens with zero attached hydrogens (tertiary/aromatic N) is 2. The molecule has 0 aliphatic heterocycles. The van der Waals surface area contributed by atoms with Crippen molar-refractivity contribution in [1.82, 2.24) is 14.5 Å². The highest BCUT2D eigenvalue weighted by Gasteiger charge is 2.30. The van der Waals surface area contributed by atoms with E-state index >= 15 is 0 Å². The second-order valence-corrected chi connectivity index (χ2v) is 10.1. The lowest BCUT2D eigenvalue weighted by Crippen LogP contribution is -2.50. The number of rotatable bonds is 10. The monoisotopic (exact) mass is 459 g/mol. The SMILES string of the molecule is CCCNC(=O)[C@H](C)N(Cc1cccc(C)c1)C(=O)CN(C)S(=O)(=O)c1ccc(C)cc1. The van der Waals surface area contributed by atoms with Crippen LogP contribution in [0.2, 0.25) is 0 Å². The zero-order valence-corrected chi connectivity index (χ0v) is 20.3. The maximum absolute atomic E-state index is 13.2. The van der Waals surface area contributed by atoms with Crippen LogP contribution in [0.4, 0.5) is 0 Å². The number of hydrogen-bond acceptors (Lipinski definition) is 4. The Hall–Kier alpha value is -2.71. The summed E-state index contributed by atoms with van der Waals surface area (Å²) in [5.41, 5.74) is 2.86. The lowest BCUT2D eigenvalue weighted by molar-refractivity contribution is -0.140. The fourth-order valence-corrected chi connectivity index (χ4v) is 4.36. The van der Waals surface area contributed by atoms with Crippen molar-refractivity contribution in [2.45, 2.75) is 51.6 Å². The van der Waals surface area contributed by atoms with Gasteiger partial charge in [0, 0.05) is 20.1 Å². The summed E-state index contributed by atoms with van der Waals surface area (Å²) in [4.78, 5) is 27.4. The summed E-state index contributed by atoms with van der Waals surface area (Å²) < 4.78 is 26.9. The molecule has 0 fully saturated rings. The minimum Gasteiger partial charge on any atom is -0.354 e. The summed E-state index contributed by atoms with van der Waals surface area (Å²) in [5, 5.41) is 2.81. The van der Waals surface area contributed by atoms with Gasteiger partial charge in [-0.25, -0.2) is 8.42 Å². The zero-order valence-electron chi connectivity index (χ0n) is 19.5. The number of benzene rings is 2. The van der Waals surface area contributed by atoms with E-state index in [2.05, 4.69) is 5.32 Å². The highest BCUT2D eigenvalue weighted by Crippen LogP contribution is 2.17. The Kier molecular flexibility index (Phi) is 8.98. The van der Waals surface area contributed by atoms with Gasteiger partial charge in [0.05, 0.1) is 11.4 Å². The van der Waals surface area contributed by atoms with E-state index in [-0.39, 0.29) is 23.9 Å². The van der Waals surface area contributed by atoms with Gasteiger partial charge in [-0.1, -0.05) is 54.4 Å². The van der Waals surface area contributed by atoms with Gasteiger partial charge < -0.3 is 10.2 Å². The second kappa shape index (κ2) is 11.2. The number of amides is 2. The fraction of sp³-hybridized carbons (Fsp3) is 0.417. The molecule has 2 aromatic carbocycles. The summed E-state index contributed by atoms with van der Waals surface area (Å²) in [7, 11) is -2.46. The maximum atomic E-state index is 13.2. The molecule has 0 spiro atoms. The quantitative estimate of drug-likeness (QED) is 0.592. The van der Waals surface area contributed by atoms with Gasteiger partial charge in [-0.2, -0.15) is 4.31 Å². The average Bonchev–Trinajstić information content (AvgIpc) is 2.75. The van der Waals surface area contributed by atoms with Gasteiger partial charge in [-0.15, -0.1) is 0 Å². The van der Waals surface area contributed by atoms with Crippen molar-refractivity contribution in [3.63, 3.8) is 0 Å². The molecular formula is C24H33N3O4S. The van der Waals surface area contributed by atoms with Gasteiger partial charge >= 0.3 is 0 Å². The summed E-state index contributed by atoms with van der Waals surface area (Å²) in [6, 6.07) is 13.4. The van der Waals surface area contributed by atoms with Crippen LogP contribution >= 0.6 is 0 Å². The Morgan fingerprint density at radius 3 is 2.28 bits per heavy atom. The number of carbonyl (C=O) groups is 2. The molecule has 2 amide bonds. The van der Waals surface area contributed by atoms with Gasteiger partial charge in [-0.05, 0) is 44.9 Å². The molecule has 0 aliphatic carbocycles. The maximum Gasteiger partial charge on any atom is 0.243 e. The summed E-state index contributed by atoms with van der Waals surface area (Å²) in [5.74, 6) is -0.708. The van der Waals surface area contributed by atoms with Crippen LogP contribution in [0.25, 0.3) is 0 Å². The highest BCUT2D eigenvalue weighted by molar-refractivity contribution is 7.89. The standard InChI is InChI=1S/C24H33N3O4S/c1-6-14-25-24(29)20(4)27(16-21-9-7-8-19(3)15-21)23(28)17-26(5)32(30,31)22-12-10-18(2)11-13-22/h7-13,15,20H,6,14,16-17H2,1-5H3,(H,25,29)/t20-/m0/s1. The van der Waals surface area contributed by atoms with Crippen molar-refractivity contribution in [3.05, 3.63) is 65.2 Å². The molecule has 1 N–H and O–H groups in total. The molecular weight excluding hydrogens is 426 g/mol. The van der Waals surface area contributed by atoms with Crippen LogP contribution in [0.1, 0.15) is 37.0 Å². The van der Waals surface area contributed by atoms with E-state index in [0.717, 1.165) is 27.4 Å². The van der Waals surface area contributed by atoms with Crippen molar-refractivity contribution in [1.29, 1.82) is 0 Å². The first-order valence-electron chi connectivity index (χ1n) is 10.7. The predicted octanol–water partition coefficient (Wildman–Crippen LogP) is 2.87. The van der Waals surface area contributed by atoms with Crippen LogP contribution in [0.5, 0.6) is 0 Å². The largest absolute Gasteiger partial charge is 0.354 e. The van der Waals surface area contributed by atoms with Gasteiger partial charge in [0.1, 0.15) is 6.04 Å². The van der Waals surface area contributed by atoms with E-state index in [0.29, 0.717) is 6.54 Å².